The number of amides is 1. The summed E-state index contributed by atoms with van der Waals surface area (Å²) in [7, 11) is -3.24. The average Bonchev–Trinajstić information content (AvgIpc) is 2.36. The first-order chi connectivity index (χ1) is 9.00. The Morgan fingerprint density at radius 1 is 1.20 bits per heavy atom. The van der Waals surface area contributed by atoms with E-state index >= 15 is 0 Å². The number of rotatable bonds is 7. The minimum atomic E-state index is -3.24. The van der Waals surface area contributed by atoms with Gasteiger partial charge in [-0.2, -0.15) is 0 Å². The molecule has 0 aromatic heterocycles. The first-order valence-electron chi connectivity index (χ1n) is 7.20. The number of nitrogens with one attached hydrogen (secondary N) is 1. The highest BCUT2D eigenvalue weighted by Gasteiger charge is 2.27. The topological polar surface area (TPSA) is 66.5 Å². The number of carbonyl (C=O) groups is 1. The monoisotopic (exact) mass is 326 g/mol. The van der Waals surface area contributed by atoms with E-state index < -0.39 is 9.84 Å². The molecule has 0 aromatic rings. The molecule has 0 atom stereocenters. The zero-order valence-electron chi connectivity index (χ0n) is 12.4. The van der Waals surface area contributed by atoms with Gasteiger partial charge in [0, 0.05) is 12.6 Å². The van der Waals surface area contributed by atoms with Crippen LogP contribution in [0.15, 0.2) is 0 Å². The van der Waals surface area contributed by atoms with Crippen molar-refractivity contribution in [3.63, 3.8) is 0 Å². The van der Waals surface area contributed by atoms with Gasteiger partial charge in [0.1, 0.15) is 5.75 Å². The third-order valence-electron chi connectivity index (χ3n) is 3.39. The Labute approximate surface area is 128 Å². The summed E-state index contributed by atoms with van der Waals surface area (Å²) in [4.78, 5) is 14.0. The van der Waals surface area contributed by atoms with E-state index in [1.165, 1.54) is 0 Å². The average molecular weight is 327 g/mol. The van der Waals surface area contributed by atoms with Gasteiger partial charge in [-0.25, -0.2) is 8.42 Å². The fourth-order valence-electron chi connectivity index (χ4n) is 2.52. The van der Waals surface area contributed by atoms with Gasteiger partial charge in [0.15, 0.2) is 9.84 Å². The molecule has 7 heteroatoms. The van der Waals surface area contributed by atoms with E-state index in [0.717, 1.165) is 32.4 Å². The normalized spacial score (nSPS) is 16.5. The van der Waals surface area contributed by atoms with E-state index in [1.54, 1.807) is 4.90 Å². The molecule has 120 valence electrons. The van der Waals surface area contributed by atoms with Crippen LogP contribution in [0.4, 0.5) is 0 Å². The Kier molecular flexibility index (Phi) is 9.42. The Balaban J connectivity index is 0.00000361. The lowest BCUT2D eigenvalue weighted by molar-refractivity contribution is -0.131. The summed E-state index contributed by atoms with van der Waals surface area (Å²) in [5.74, 6) is -0.447. The van der Waals surface area contributed by atoms with Crippen molar-refractivity contribution in [1.82, 2.24) is 10.2 Å². The second kappa shape index (κ2) is 9.58. The fraction of sp³-hybridized carbons (Fsp3) is 0.923. The summed E-state index contributed by atoms with van der Waals surface area (Å²) in [6, 6.07) is 0.200. The van der Waals surface area contributed by atoms with Crippen LogP contribution in [0.3, 0.4) is 0 Å². The van der Waals surface area contributed by atoms with Gasteiger partial charge in [-0.05, 0) is 38.8 Å². The summed E-state index contributed by atoms with van der Waals surface area (Å²) in [6.45, 7) is 6.30. The summed E-state index contributed by atoms with van der Waals surface area (Å²) in [6.07, 6.45) is 3.26. The molecule has 1 amide bonds. The summed E-state index contributed by atoms with van der Waals surface area (Å²) in [5, 5.41) is 3.26. The summed E-state index contributed by atoms with van der Waals surface area (Å²) < 4.78 is 23.5. The number of carbonyl (C=O) groups excluding carboxylic acids is 1. The molecule has 0 aliphatic carbocycles. The molecule has 1 N–H and O–H groups in total. The van der Waals surface area contributed by atoms with E-state index in [0.29, 0.717) is 13.0 Å². The minimum absolute atomic E-state index is 0. The molecule has 1 fully saturated rings. The number of hydrogen-bond acceptors (Lipinski definition) is 4. The SMILES string of the molecule is CCCN(C(=O)CS(=O)(=O)CCC)C1CCNCC1.Cl. The zero-order chi connectivity index (χ0) is 14.3. The maximum Gasteiger partial charge on any atom is 0.238 e. The lowest BCUT2D eigenvalue weighted by atomic mass is 10.0. The zero-order valence-corrected chi connectivity index (χ0v) is 14.1. The molecule has 5 nitrogen and oxygen atoms in total. The van der Waals surface area contributed by atoms with Crippen molar-refractivity contribution in [3.05, 3.63) is 0 Å². The van der Waals surface area contributed by atoms with Gasteiger partial charge in [0.05, 0.1) is 5.75 Å². The van der Waals surface area contributed by atoms with Gasteiger partial charge >= 0.3 is 0 Å². The number of piperidine rings is 1. The Morgan fingerprint density at radius 3 is 2.30 bits per heavy atom. The van der Waals surface area contributed by atoms with Crippen molar-refractivity contribution in [1.29, 1.82) is 0 Å². The smallest absolute Gasteiger partial charge is 0.238 e. The molecule has 1 heterocycles. The number of halogens is 1. The van der Waals surface area contributed by atoms with Crippen molar-refractivity contribution in [3.8, 4) is 0 Å². The fourth-order valence-corrected chi connectivity index (χ4v) is 3.83. The Hall–Kier alpha value is -0.330. The van der Waals surface area contributed by atoms with Crippen LogP contribution >= 0.6 is 12.4 Å². The Morgan fingerprint density at radius 2 is 1.80 bits per heavy atom. The first kappa shape index (κ1) is 19.7. The molecular weight excluding hydrogens is 300 g/mol. The van der Waals surface area contributed by atoms with Crippen LogP contribution in [0.2, 0.25) is 0 Å². The molecule has 1 aliphatic rings. The van der Waals surface area contributed by atoms with Crippen molar-refractivity contribution >= 4 is 28.2 Å². The molecule has 0 aromatic carbocycles. The third kappa shape index (κ3) is 6.41. The van der Waals surface area contributed by atoms with Gasteiger partial charge in [0.25, 0.3) is 0 Å². The molecule has 1 rings (SSSR count). The molecule has 1 saturated heterocycles. The quantitative estimate of drug-likeness (QED) is 0.764. The molecule has 20 heavy (non-hydrogen) atoms. The first-order valence-corrected chi connectivity index (χ1v) is 9.03. The van der Waals surface area contributed by atoms with E-state index in [4.69, 9.17) is 0 Å². The minimum Gasteiger partial charge on any atom is -0.339 e. The summed E-state index contributed by atoms with van der Waals surface area (Å²) in [5.41, 5.74) is 0. The molecule has 0 spiro atoms. The number of sulfone groups is 1. The van der Waals surface area contributed by atoms with Crippen molar-refractivity contribution in [2.24, 2.45) is 0 Å². The molecule has 1 aliphatic heterocycles. The highest BCUT2D eigenvalue weighted by molar-refractivity contribution is 7.92. The predicted molar refractivity (Wildman–Crippen MR) is 84.1 cm³/mol. The third-order valence-corrected chi connectivity index (χ3v) is 5.11. The van der Waals surface area contributed by atoms with E-state index in [2.05, 4.69) is 5.32 Å². The van der Waals surface area contributed by atoms with Crippen LogP contribution in [-0.4, -0.2) is 56.4 Å². The van der Waals surface area contributed by atoms with Gasteiger partial charge in [0.2, 0.25) is 5.91 Å². The van der Waals surface area contributed by atoms with Crippen LogP contribution in [-0.2, 0) is 14.6 Å². The summed E-state index contributed by atoms with van der Waals surface area (Å²) >= 11 is 0. The van der Waals surface area contributed by atoms with Gasteiger partial charge in [-0.1, -0.05) is 13.8 Å². The van der Waals surface area contributed by atoms with Crippen molar-refractivity contribution in [2.45, 2.75) is 45.6 Å². The standard InChI is InChI=1S/C13H26N2O3S.ClH/c1-3-9-15(12-5-7-14-8-6-12)13(16)11-19(17,18)10-4-2;/h12,14H,3-11H2,1-2H3;1H. The predicted octanol–water partition coefficient (Wildman–Crippen LogP) is 1.22. The molecule has 0 radical (unpaired) electrons. The number of nitrogens with zero attached hydrogens (tertiary/aromatic N) is 1. The molecular formula is C13H27ClN2O3S. The van der Waals surface area contributed by atoms with Gasteiger partial charge in [-0.15, -0.1) is 12.4 Å². The van der Waals surface area contributed by atoms with Crippen LogP contribution in [0, 0.1) is 0 Å². The van der Waals surface area contributed by atoms with Gasteiger partial charge in [-0.3, -0.25) is 4.79 Å². The molecule has 0 bridgehead atoms. The van der Waals surface area contributed by atoms with E-state index in [-0.39, 0.29) is 35.9 Å². The highest BCUT2D eigenvalue weighted by Crippen LogP contribution is 2.13. The molecule has 0 unspecified atom stereocenters. The van der Waals surface area contributed by atoms with Crippen LogP contribution in [0.1, 0.15) is 39.5 Å². The van der Waals surface area contributed by atoms with Crippen LogP contribution < -0.4 is 5.32 Å². The van der Waals surface area contributed by atoms with E-state index in [9.17, 15) is 13.2 Å². The largest absolute Gasteiger partial charge is 0.339 e. The second-order valence-corrected chi connectivity index (χ2v) is 7.34. The number of hydrogen-bond donors (Lipinski definition) is 1. The maximum absolute atomic E-state index is 12.2. The van der Waals surface area contributed by atoms with Crippen molar-refractivity contribution < 1.29 is 13.2 Å². The maximum atomic E-state index is 12.2. The molecule has 0 saturated carbocycles. The lowest BCUT2D eigenvalue weighted by Gasteiger charge is -2.34. The lowest BCUT2D eigenvalue weighted by Crippen LogP contribution is -2.48. The van der Waals surface area contributed by atoms with E-state index in [1.807, 2.05) is 13.8 Å². The van der Waals surface area contributed by atoms with Crippen LogP contribution in [0.5, 0.6) is 0 Å². The van der Waals surface area contributed by atoms with Gasteiger partial charge < -0.3 is 10.2 Å². The van der Waals surface area contributed by atoms with Crippen LogP contribution in [0.25, 0.3) is 0 Å². The highest BCUT2D eigenvalue weighted by atomic mass is 35.5. The second-order valence-electron chi connectivity index (χ2n) is 5.16. The Bertz CT molecular complexity index is 381. The van der Waals surface area contributed by atoms with Crippen molar-refractivity contribution in [2.75, 3.05) is 31.1 Å².